The molecule has 1 aliphatic rings. The van der Waals surface area contributed by atoms with Gasteiger partial charge in [0.05, 0.1) is 31.3 Å². The second-order valence-electron chi connectivity index (χ2n) is 14.1. The molecule has 5 rings (SSSR count). The third kappa shape index (κ3) is 9.85. The summed E-state index contributed by atoms with van der Waals surface area (Å²) in [5.74, 6) is -3.20. The summed E-state index contributed by atoms with van der Waals surface area (Å²) in [5.41, 5.74) is 1.63. The predicted molar refractivity (Wildman–Crippen MR) is 196 cm³/mol. The quantitative estimate of drug-likeness (QED) is 0.186. The van der Waals surface area contributed by atoms with Crippen LogP contribution in [-0.4, -0.2) is 67.7 Å². The fourth-order valence-electron chi connectivity index (χ4n) is 5.85. The smallest absolute Gasteiger partial charge is 0.494 e. The minimum atomic E-state index is -1.26. The highest BCUT2D eigenvalue weighted by Crippen LogP contribution is 2.36. The number of hydrogen-bond donors (Lipinski definition) is 1. The number of ether oxygens (including phenoxy) is 1. The largest absolute Gasteiger partial charge is 0.497 e. The zero-order valence-electron chi connectivity index (χ0n) is 30.6. The van der Waals surface area contributed by atoms with E-state index in [9.17, 15) is 27.6 Å². The molecule has 1 atom stereocenters. The van der Waals surface area contributed by atoms with Gasteiger partial charge in [-0.3, -0.25) is 14.4 Å². The van der Waals surface area contributed by atoms with E-state index in [2.05, 4.69) is 5.32 Å². The fourth-order valence-corrected chi connectivity index (χ4v) is 5.85. The molecule has 0 aliphatic carbocycles. The zero-order valence-corrected chi connectivity index (χ0v) is 30.6. The van der Waals surface area contributed by atoms with Crippen LogP contribution in [0.1, 0.15) is 44.4 Å². The van der Waals surface area contributed by atoms with Crippen molar-refractivity contribution in [1.29, 1.82) is 0 Å². The maximum atomic E-state index is 14.2. The molecule has 13 heteroatoms. The summed E-state index contributed by atoms with van der Waals surface area (Å²) in [7, 11) is 2.44. The van der Waals surface area contributed by atoms with Gasteiger partial charge in [0, 0.05) is 31.8 Å². The number of anilines is 1. The number of methoxy groups -OCH3 is 1. The van der Waals surface area contributed by atoms with Crippen LogP contribution < -0.4 is 20.4 Å². The first-order valence-corrected chi connectivity index (χ1v) is 17.2. The van der Waals surface area contributed by atoms with Gasteiger partial charge in [0.2, 0.25) is 17.7 Å². The van der Waals surface area contributed by atoms with Gasteiger partial charge in [0.25, 0.3) is 0 Å². The molecule has 4 aromatic carbocycles. The van der Waals surface area contributed by atoms with Crippen molar-refractivity contribution in [2.24, 2.45) is 0 Å². The van der Waals surface area contributed by atoms with Gasteiger partial charge in [0.15, 0.2) is 0 Å². The summed E-state index contributed by atoms with van der Waals surface area (Å²) in [6.45, 7) is 7.36. The molecular formula is C40H43BF3N3O6. The Bertz CT molecular complexity index is 1890. The molecule has 53 heavy (non-hydrogen) atoms. The number of carbonyl (C=O) groups excluding carboxylic acids is 3. The van der Waals surface area contributed by atoms with Crippen LogP contribution >= 0.6 is 0 Å². The Morgan fingerprint density at radius 2 is 1.34 bits per heavy atom. The van der Waals surface area contributed by atoms with Gasteiger partial charge >= 0.3 is 7.12 Å². The van der Waals surface area contributed by atoms with Crippen molar-refractivity contribution in [1.82, 2.24) is 10.2 Å². The summed E-state index contributed by atoms with van der Waals surface area (Å²) in [6, 6.07) is 21.0. The topological polar surface area (TPSA) is 97.4 Å². The second kappa shape index (κ2) is 16.3. The molecule has 0 unspecified atom stereocenters. The SMILES string of the molecule is COc1ccc(N(C)C(=O)[C@H](Cc2cc(F)cc(F)c2)NC(=O)CN(Cc2ccc(F)cc2)C(=O)Cc2ccc(B3OC(C)(C)C(C)(C)O3)cc2)cc1. The molecule has 9 nitrogen and oxygen atoms in total. The van der Waals surface area contributed by atoms with Crippen molar-refractivity contribution in [3.63, 3.8) is 0 Å². The van der Waals surface area contributed by atoms with E-state index < -0.39 is 66.1 Å². The Morgan fingerprint density at radius 1 is 0.774 bits per heavy atom. The van der Waals surface area contributed by atoms with E-state index in [-0.39, 0.29) is 24.9 Å². The number of carbonyl (C=O) groups is 3. The Kier molecular flexibility index (Phi) is 12.0. The number of halogens is 3. The first-order valence-electron chi connectivity index (χ1n) is 17.2. The van der Waals surface area contributed by atoms with Crippen LogP contribution in [-0.2, 0) is 43.1 Å². The minimum absolute atomic E-state index is 0.0298. The molecule has 1 aliphatic heterocycles. The lowest BCUT2D eigenvalue weighted by Crippen LogP contribution is -2.51. The highest BCUT2D eigenvalue weighted by atomic mass is 19.1. The lowest BCUT2D eigenvalue weighted by Gasteiger charge is -2.32. The summed E-state index contributed by atoms with van der Waals surface area (Å²) in [5, 5.41) is 2.69. The van der Waals surface area contributed by atoms with Crippen LogP contribution in [0.4, 0.5) is 18.9 Å². The standard InChI is InChI=1S/C40H43BF3N3O6/c1-39(2)40(3,4)53-41(52-39)29-11-7-26(8-12-29)22-37(49)47(24-27-9-13-30(42)14-10-27)25-36(48)45-35(21-28-19-31(43)23-32(44)20-28)38(50)46(5)33-15-17-34(51-6)18-16-33/h7-20,23,35H,21-22,24-25H2,1-6H3,(H,45,48)/t35-/m0/s1. The second-order valence-corrected chi connectivity index (χ2v) is 14.1. The van der Waals surface area contributed by atoms with E-state index in [0.29, 0.717) is 28.6 Å². The maximum absolute atomic E-state index is 14.2. The van der Waals surface area contributed by atoms with E-state index in [1.807, 2.05) is 39.8 Å². The number of nitrogens with one attached hydrogen (secondary N) is 1. The van der Waals surface area contributed by atoms with Crippen molar-refractivity contribution < 1.29 is 41.6 Å². The Labute approximate surface area is 308 Å². The van der Waals surface area contributed by atoms with Crippen LogP contribution in [0.3, 0.4) is 0 Å². The molecule has 0 radical (unpaired) electrons. The summed E-state index contributed by atoms with van der Waals surface area (Å²) in [6.07, 6.45) is -0.302. The summed E-state index contributed by atoms with van der Waals surface area (Å²) in [4.78, 5) is 44.0. The molecular weight excluding hydrogens is 686 g/mol. The Morgan fingerprint density at radius 3 is 1.91 bits per heavy atom. The first kappa shape index (κ1) is 39.1. The average Bonchev–Trinajstić information content (AvgIpc) is 3.33. The van der Waals surface area contributed by atoms with Crippen LogP contribution in [0.15, 0.2) is 91.0 Å². The fraction of sp³-hybridized carbons (Fsp3) is 0.325. The Balaban J connectivity index is 1.35. The third-order valence-electron chi connectivity index (χ3n) is 9.62. The number of rotatable bonds is 13. The molecule has 278 valence electrons. The van der Waals surface area contributed by atoms with Crippen LogP contribution in [0, 0.1) is 17.5 Å². The minimum Gasteiger partial charge on any atom is -0.497 e. The monoisotopic (exact) mass is 729 g/mol. The summed E-state index contributed by atoms with van der Waals surface area (Å²) >= 11 is 0. The molecule has 0 saturated carbocycles. The lowest BCUT2D eigenvalue weighted by molar-refractivity contribution is -0.136. The van der Waals surface area contributed by atoms with Crippen molar-refractivity contribution >= 4 is 36.0 Å². The Hall–Kier alpha value is -5.14. The first-order chi connectivity index (χ1) is 25.0. The third-order valence-corrected chi connectivity index (χ3v) is 9.62. The number of likely N-dealkylation sites (N-methyl/N-ethyl adjacent to an activating group) is 1. The molecule has 1 heterocycles. The normalized spacial score (nSPS) is 15.1. The molecule has 0 bridgehead atoms. The van der Waals surface area contributed by atoms with E-state index in [0.717, 1.165) is 17.6 Å². The van der Waals surface area contributed by atoms with E-state index in [4.69, 9.17) is 14.0 Å². The van der Waals surface area contributed by atoms with Crippen LogP contribution in [0.5, 0.6) is 5.75 Å². The van der Waals surface area contributed by atoms with E-state index in [1.165, 1.54) is 48.2 Å². The van der Waals surface area contributed by atoms with Crippen molar-refractivity contribution in [2.75, 3.05) is 25.6 Å². The molecule has 1 N–H and O–H groups in total. The highest BCUT2D eigenvalue weighted by Gasteiger charge is 2.51. The number of amides is 3. The maximum Gasteiger partial charge on any atom is 0.494 e. The number of hydrogen-bond acceptors (Lipinski definition) is 6. The molecule has 0 spiro atoms. The zero-order chi connectivity index (χ0) is 38.5. The molecule has 0 aromatic heterocycles. The van der Waals surface area contributed by atoms with Gasteiger partial charge < -0.3 is 29.2 Å². The van der Waals surface area contributed by atoms with Crippen LogP contribution in [0.2, 0.25) is 0 Å². The van der Waals surface area contributed by atoms with Crippen molar-refractivity contribution in [2.45, 2.75) is 64.3 Å². The predicted octanol–water partition coefficient (Wildman–Crippen LogP) is 5.37. The molecule has 4 aromatic rings. The number of nitrogens with zero attached hydrogens (tertiary/aromatic N) is 2. The summed E-state index contributed by atoms with van der Waals surface area (Å²) < 4.78 is 59.5. The van der Waals surface area contributed by atoms with Crippen molar-refractivity contribution in [3.05, 3.63) is 125 Å². The van der Waals surface area contributed by atoms with Gasteiger partial charge in [-0.25, -0.2) is 13.2 Å². The molecule has 1 saturated heterocycles. The van der Waals surface area contributed by atoms with E-state index in [1.54, 1.807) is 36.4 Å². The molecule has 1 fully saturated rings. The van der Waals surface area contributed by atoms with Crippen molar-refractivity contribution in [3.8, 4) is 5.75 Å². The van der Waals surface area contributed by atoms with Gasteiger partial charge in [-0.1, -0.05) is 36.4 Å². The van der Waals surface area contributed by atoms with E-state index >= 15 is 0 Å². The highest BCUT2D eigenvalue weighted by molar-refractivity contribution is 6.62. The average molecular weight is 730 g/mol. The number of benzene rings is 4. The van der Waals surface area contributed by atoms with Gasteiger partial charge in [-0.2, -0.15) is 0 Å². The van der Waals surface area contributed by atoms with Gasteiger partial charge in [-0.05, 0) is 98.4 Å². The van der Waals surface area contributed by atoms with Gasteiger partial charge in [-0.15, -0.1) is 0 Å². The lowest BCUT2D eigenvalue weighted by atomic mass is 9.79. The van der Waals surface area contributed by atoms with Crippen LogP contribution in [0.25, 0.3) is 0 Å². The van der Waals surface area contributed by atoms with Gasteiger partial charge in [0.1, 0.15) is 29.2 Å². The molecule has 3 amide bonds.